The molecule has 0 aliphatic heterocycles. The third kappa shape index (κ3) is 5.60. The second kappa shape index (κ2) is 9.39. The van der Waals surface area contributed by atoms with Gasteiger partial charge in [-0.1, -0.05) is 18.3 Å². The van der Waals surface area contributed by atoms with E-state index < -0.39 is 0 Å². The van der Waals surface area contributed by atoms with Gasteiger partial charge in [0.25, 0.3) is 0 Å². The van der Waals surface area contributed by atoms with Crippen molar-refractivity contribution in [1.82, 2.24) is 24.8 Å². The maximum atomic E-state index is 11.9. The second-order valence-electron chi connectivity index (χ2n) is 5.38. The van der Waals surface area contributed by atoms with Crippen LogP contribution < -0.4 is 10.6 Å². The van der Waals surface area contributed by atoms with Crippen molar-refractivity contribution in [3.63, 3.8) is 0 Å². The van der Waals surface area contributed by atoms with E-state index in [4.69, 9.17) is 4.42 Å². The highest BCUT2D eigenvalue weighted by Crippen LogP contribution is 2.30. The maximum absolute atomic E-state index is 11.9. The normalized spacial score (nSPS) is 10.8. The van der Waals surface area contributed by atoms with E-state index in [9.17, 15) is 4.79 Å². The molecule has 138 valence electrons. The summed E-state index contributed by atoms with van der Waals surface area (Å²) in [4.78, 5) is 24.3. The highest BCUT2D eigenvalue weighted by atomic mass is 32.2. The number of thiazole rings is 1. The molecule has 26 heavy (non-hydrogen) atoms. The molecule has 0 atom stereocenters. The molecule has 3 rings (SSSR count). The van der Waals surface area contributed by atoms with Gasteiger partial charge in [-0.25, -0.2) is 19.7 Å². The molecule has 0 radical (unpaired) electrons. The van der Waals surface area contributed by atoms with Crippen LogP contribution in [0.5, 0.6) is 0 Å². The van der Waals surface area contributed by atoms with Gasteiger partial charge in [0.15, 0.2) is 5.13 Å². The van der Waals surface area contributed by atoms with E-state index in [0.717, 1.165) is 29.4 Å². The summed E-state index contributed by atoms with van der Waals surface area (Å²) in [6.45, 7) is 3.43. The van der Waals surface area contributed by atoms with Crippen molar-refractivity contribution >= 4 is 34.3 Å². The zero-order valence-electron chi connectivity index (χ0n) is 14.3. The van der Waals surface area contributed by atoms with Gasteiger partial charge in [-0.2, -0.15) is 0 Å². The van der Waals surface area contributed by atoms with Gasteiger partial charge in [0.05, 0.1) is 28.7 Å². The van der Waals surface area contributed by atoms with Crippen LogP contribution in [0.3, 0.4) is 0 Å². The Bertz CT molecular complexity index is 814. The van der Waals surface area contributed by atoms with Crippen LogP contribution in [0.25, 0.3) is 0 Å². The number of hydrogen-bond donors (Lipinski definition) is 2. The largest absolute Gasteiger partial charge is 0.445 e. The molecule has 0 aliphatic carbocycles. The molecule has 3 aromatic rings. The summed E-state index contributed by atoms with van der Waals surface area (Å²) in [7, 11) is 0. The fourth-order valence-electron chi connectivity index (χ4n) is 2.12. The first-order valence-electron chi connectivity index (χ1n) is 8.25. The zero-order valence-corrected chi connectivity index (χ0v) is 16.0. The van der Waals surface area contributed by atoms with Gasteiger partial charge in [0.1, 0.15) is 5.76 Å². The zero-order chi connectivity index (χ0) is 18.2. The van der Waals surface area contributed by atoms with Crippen molar-refractivity contribution in [2.75, 3.05) is 11.9 Å². The van der Waals surface area contributed by atoms with Crippen molar-refractivity contribution in [2.45, 2.75) is 36.3 Å². The number of amides is 2. The predicted molar refractivity (Wildman–Crippen MR) is 101 cm³/mol. The van der Waals surface area contributed by atoms with Crippen LogP contribution in [-0.4, -0.2) is 32.1 Å². The predicted octanol–water partition coefficient (Wildman–Crippen LogP) is 3.39. The highest BCUT2D eigenvalue weighted by Gasteiger charge is 2.09. The standard InChI is InChI=1S/C16H20N6O2S2/c1-2-12-8-19-13(24-12)10-25-14-9-20-16(26-14)21-15(23)18-4-3-6-22-7-5-17-11-22/h5,7-9,11H,2-4,6,10H2,1H3,(H2,18,20,21,23). The third-order valence-electron chi connectivity index (χ3n) is 3.43. The van der Waals surface area contributed by atoms with Gasteiger partial charge >= 0.3 is 6.03 Å². The van der Waals surface area contributed by atoms with E-state index in [0.29, 0.717) is 23.3 Å². The average Bonchev–Trinajstić information content (AvgIpc) is 3.38. The molecule has 0 bridgehead atoms. The van der Waals surface area contributed by atoms with E-state index in [1.165, 1.54) is 11.3 Å². The number of nitrogens with zero attached hydrogens (tertiary/aromatic N) is 4. The molecule has 0 unspecified atom stereocenters. The minimum Gasteiger partial charge on any atom is -0.445 e. The SMILES string of the molecule is CCc1cnc(CSc2cnc(NC(=O)NCCCn3ccnc3)s2)o1. The molecule has 2 amide bonds. The Balaban J connectivity index is 1.36. The minimum atomic E-state index is -0.248. The van der Waals surface area contributed by atoms with Crippen LogP contribution >= 0.6 is 23.1 Å². The number of urea groups is 1. The van der Waals surface area contributed by atoms with Gasteiger partial charge in [0, 0.05) is 31.9 Å². The molecule has 2 N–H and O–H groups in total. The molecule has 3 aromatic heterocycles. The number of aromatic nitrogens is 4. The Morgan fingerprint density at radius 3 is 3.08 bits per heavy atom. The Labute approximate surface area is 159 Å². The Kier molecular flexibility index (Phi) is 6.67. The third-order valence-corrected chi connectivity index (χ3v) is 5.52. The van der Waals surface area contributed by atoms with Gasteiger partial charge in [0.2, 0.25) is 5.89 Å². The molecule has 0 spiro atoms. The smallest absolute Gasteiger partial charge is 0.321 e. The molecular formula is C16H20N6O2S2. The summed E-state index contributed by atoms with van der Waals surface area (Å²) < 4.78 is 8.54. The summed E-state index contributed by atoms with van der Waals surface area (Å²) in [6.07, 6.45) is 10.6. The van der Waals surface area contributed by atoms with Gasteiger partial charge in [-0.3, -0.25) is 5.32 Å². The maximum Gasteiger partial charge on any atom is 0.321 e. The van der Waals surface area contributed by atoms with Crippen LogP contribution in [0.2, 0.25) is 0 Å². The van der Waals surface area contributed by atoms with E-state index in [1.54, 1.807) is 36.7 Å². The van der Waals surface area contributed by atoms with Crippen molar-refractivity contribution < 1.29 is 9.21 Å². The molecular weight excluding hydrogens is 372 g/mol. The van der Waals surface area contributed by atoms with Gasteiger partial charge in [-0.15, -0.1) is 11.8 Å². The molecule has 0 fully saturated rings. The fraction of sp³-hybridized carbons (Fsp3) is 0.375. The number of carbonyl (C=O) groups is 1. The summed E-state index contributed by atoms with van der Waals surface area (Å²) in [5.74, 6) is 2.23. The first-order valence-corrected chi connectivity index (χ1v) is 10.1. The quantitative estimate of drug-likeness (QED) is 0.428. The van der Waals surface area contributed by atoms with E-state index in [2.05, 4.69) is 25.6 Å². The van der Waals surface area contributed by atoms with E-state index in [1.807, 2.05) is 17.7 Å². The number of rotatable bonds is 9. The van der Waals surface area contributed by atoms with Crippen molar-refractivity contribution in [3.05, 3.63) is 42.8 Å². The number of imidazole rings is 1. The average molecular weight is 393 g/mol. The Hall–Kier alpha value is -2.33. The van der Waals surface area contributed by atoms with Crippen LogP contribution in [0.15, 0.2) is 39.7 Å². The molecule has 0 saturated heterocycles. The summed E-state index contributed by atoms with van der Waals surface area (Å²) in [5, 5.41) is 6.14. The first kappa shape index (κ1) is 18.5. The lowest BCUT2D eigenvalue weighted by Crippen LogP contribution is -2.29. The lowest BCUT2D eigenvalue weighted by atomic mass is 10.4. The Morgan fingerprint density at radius 1 is 1.38 bits per heavy atom. The van der Waals surface area contributed by atoms with Crippen LogP contribution in [0, 0.1) is 0 Å². The molecule has 8 nitrogen and oxygen atoms in total. The number of nitrogens with one attached hydrogen (secondary N) is 2. The van der Waals surface area contributed by atoms with Crippen molar-refractivity contribution in [2.24, 2.45) is 0 Å². The first-order chi connectivity index (χ1) is 12.7. The number of oxazole rings is 1. The molecule has 0 aromatic carbocycles. The summed E-state index contributed by atoms with van der Waals surface area (Å²) in [5.41, 5.74) is 0. The van der Waals surface area contributed by atoms with Crippen LogP contribution in [-0.2, 0) is 18.7 Å². The number of aryl methyl sites for hydroxylation is 2. The van der Waals surface area contributed by atoms with Crippen molar-refractivity contribution in [1.29, 1.82) is 0 Å². The summed E-state index contributed by atoms with van der Waals surface area (Å²) >= 11 is 3.01. The number of carbonyl (C=O) groups excluding carboxylic acids is 1. The fourth-order valence-corrected chi connectivity index (χ4v) is 3.84. The number of anilines is 1. The highest BCUT2D eigenvalue weighted by molar-refractivity contribution is 8.00. The number of thioether (sulfide) groups is 1. The summed E-state index contributed by atoms with van der Waals surface area (Å²) in [6, 6.07) is -0.248. The number of hydrogen-bond acceptors (Lipinski definition) is 7. The molecule has 0 saturated carbocycles. The van der Waals surface area contributed by atoms with Gasteiger partial charge in [-0.05, 0) is 6.42 Å². The van der Waals surface area contributed by atoms with E-state index in [-0.39, 0.29) is 6.03 Å². The lowest BCUT2D eigenvalue weighted by molar-refractivity contribution is 0.252. The minimum absolute atomic E-state index is 0.248. The Morgan fingerprint density at radius 2 is 2.31 bits per heavy atom. The molecule has 0 aliphatic rings. The van der Waals surface area contributed by atoms with E-state index >= 15 is 0 Å². The van der Waals surface area contributed by atoms with Crippen LogP contribution in [0.1, 0.15) is 25.0 Å². The lowest BCUT2D eigenvalue weighted by Gasteiger charge is -2.05. The topological polar surface area (TPSA) is 97.9 Å². The second-order valence-corrected chi connectivity index (χ2v) is 7.69. The van der Waals surface area contributed by atoms with Crippen molar-refractivity contribution in [3.8, 4) is 0 Å². The monoisotopic (exact) mass is 392 g/mol. The van der Waals surface area contributed by atoms with Crippen LogP contribution in [0.4, 0.5) is 9.93 Å². The molecule has 3 heterocycles. The molecule has 10 heteroatoms. The van der Waals surface area contributed by atoms with Gasteiger partial charge < -0.3 is 14.3 Å².